The van der Waals surface area contributed by atoms with Gasteiger partial charge in [0.25, 0.3) is 11.8 Å². The molecule has 0 radical (unpaired) electrons. The van der Waals surface area contributed by atoms with Crippen LogP contribution in [0.1, 0.15) is 20.8 Å². The first-order valence-electron chi connectivity index (χ1n) is 10.0. The van der Waals surface area contributed by atoms with Gasteiger partial charge < -0.3 is 19.9 Å². The Bertz CT molecular complexity index is 1070. The minimum Gasteiger partial charge on any atom is -0.495 e. The number of piperazine rings is 1. The molecule has 158 valence electrons. The van der Waals surface area contributed by atoms with E-state index < -0.39 is 0 Å². The Morgan fingerprint density at radius 3 is 2.32 bits per heavy atom. The van der Waals surface area contributed by atoms with Crippen molar-refractivity contribution in [3.8, 4) is 5.75 Å². The molecule has 31 heavy (non-hydrogen) atoms. The van der Waals surface area contributed by atoms with E-state index in [1.807, 2.05) is 30.3 Å². The number of nitrogens with zero attached hydrogens (tertiary/aromatic N) is 4. The molecule has 0 aliphatic carbocycles. The van der Waals surface area contributed by atoms with Crippen LogP contribution in [-0.2, 0) is 0 Å². The first-order valence-corrected chi connectivity index (χ1v) is 10.0. The van der Waals surface area contributed by atoms with Crippen LogP contribution < -0.4 is 15.0 Å². The number of methoxy groups -OCH3 is 1. The first kappa shape index (κ1) is 20.3. The topological polar surface area (TPSA) is 87.7 Å². The maximum Gasteiger partial charge on any atom is 0.276 e. The largest absolute Gasteiger partial charge is 0.495 e. The van der Waals surface area contributed by atoms with Crippen molar-refractivity contribution in [3.05, 3.63) is 78.2 Å². The van der Waals surface area contributed by atoms with Crippen LogP contribution in [0, 0.1) is 0 Å². The number of hydrogen-bond acceptors (Lipinski definition) is 6. The second kappa shape index (κ2) is 9.25. The standard InChI is InChI=1S/C23H23N5O3/c1-31-19-10-6-5-9-18(19)27-13-15-28(16-14-27)23(30)20-21(25-12-11-24-20)26-22(29)17-7-3-2-4-8-17/h2-12H,13-16H2,1H3,(H,25,26,29). The number of amides is 2. The Morgan fingerprint density at radius 2 is 1.58 bits per heavy atom. The van der Waals surface area contributed by atoms with Crippen LogP contribution in [0.25, 0.3) is 0 Å². The Balaban J connectivity index is 1.45. The Kier molecular flexibility index (Phi) is 6.07. The SMILES string of the molecule is COc1ccccc1N1CCN(C(=O)c2nccnc2NC(=O)c2ccccc2)CC1. The van der Waals surface area contributed by atoms with E-state index in [1.54, 1.807) is 36.3 Å². The third kappa shape index (κ3) is 4.48. The molecule has 0 spiro atoms. The van der Waals surface area contributed by atoms with E-state index in [9.17, 15) is 9.59 Å². The van der Waals surface area contributed by atoms with Gasteiger partial charge in [-0.05, 0) is 24.3 Å². The molecule has 4 rings (SSSR count). The molecule has 2 amide bonds. The summed E-state index contributed by atoms with van der Waals surface area (Å²) >= 11 is 0. The van der Waals surface area contributed by atoms with Gasteiger partial charge in [0.15, 0.2) is 11.5 Å². The molecule has 8 nitrogen and oxygen atoms in total. The number of aromatic nitrogens is 2. The third-order valence-corrected chi connectivity index (χ3v) is 5.16. The number of para-hydroxylation sites is 2. The average Bonchev–Trinajstić information content (AvgIpc) is 2.84. The lowest BCUT2D eigenvalue weighted by atomic mass is 10.2. The summed E-state index contributed by atoms with van der Waals surface area (Å²) in [7, 11) is 1.65. The van der Waals surface area contributed by atoms with Crippen LogP contribution in [0.15, 0.2) is 67.0 Å². The lowest BCUT2D eigenvalue weighted by Crippen LogP contribution is -2.49. The van der Waals surface area contributed by atoms with Crippen LogP contribution in [-0.4, -0.2) is 60.0 Å². The molecule has 1 aliphatic heterocycles. The van der Waals surface area contributed by atoms with Crippen molar-refractivity contribution in [3.63, 3.8) is 0 Å². The van der Waals surface area contributed by atoms with Gasteiger partial charge >= 0.3 is 0 Å². The quantitative estimate of drug-likeness (QED) is 0.687. The molecule has 1 N–H and O–H groups in total. The van der Waals surface area contributed by atoms with E-state index in [0.717, 1.165) is 11.4 Å². The summed E-state index contributed by atoms with van der Waals surface area (Å²) in [5.74, 6) is 0.378. The fourth-order valence-corrected chi connectivity index (χ4v) is 3.55. The van der Waals surface area contributed by atoms with E-state index in [0.29, 0.717) is 31.7 Å². The molecule has 1 saturated heterocycles. The fourth-order valence-electron chi connectivity index (χ4n) is 3.55. The summed E-state index contributed by atoms with van der Waals surface area (Å²) < 4.78 is 5.45. The highest BCUT2D eigenvalue weighted by Gasteiger charge is 2.27. The van der Waals surface area contributed by atoms with Gasteiger partial charge in [-0.3, -0.25) is 9.59 Å². The van der Waals surface area contributed by atoms with Gasteiger partial charge in [-0.15, -0.1) is 0 Å². The van der Waals surface area contributed by atoms with Gasteiger partial charge in [0.2, 0.25) is 0 Å². The second-order valence-corrected chi connectivity index (χ2v) is 7.02. The molecule has 0 atom stereocenters. The summed E-state index contributed by atoms with van der Waals surface area (Å²) in [6.07, 6.45) is 2.91. The fraction of sp³-hybridized carbons (Fsp3) is 0.217. The lowest BCUT2D eigenvalue weighted by Gasteiger charge is -2.36. The number of anilines is 2. The molecule has 8 heteroatoms. The zero-order valence-electron chi connectivity index (χ0n) is 17.2. The van der Waals surface area contributed by atoms with Crippen molar-refractivity contribution in [1.82, 2.24) is 14.9 Å². The van der Waals surface area contributed by atoms with Crippen molar-refractivity contribution in [2.75, 3.05) is 43.5 Å². The molecule has 1 fully saturated rings. The van der Waals surface area contributed by atoms with E-state index >= 15 is 0 Å². The summed E-state index contributed by atoms with van der Waals surface area (Å²) in [5, 5.41) is 2.71. The molecular weight excluding hydrogens is 394 g/mol. The van der Waals surface area contributed by atoms with E-state index in [1.165, 1.54) is 12.4 Å². The number of carbonyl (C=O) groups is 2. The summed E-state index contributed by atoms with van der Waals surface area (Å²) in [4.78, 5) is 37.9. The van der Waals surface area contributed by atoms with Gasteiger partial charge in [-0.2, -0.15) is 0 Å². The second-order valence-electron chi connectivity index (χ2n) is 7.02. The van der Waals surface area contributed by atoms with Gasteiger partial charge in [-0.25, -0.2) is 9.97 Å². The zero-order chi connectivity index (χ0) is 21.6. The zero-order valence-corrected chi connectivity index (χ0v) is 17.2. The number of ether oxygens (including phenoxy) is 1. The monoisotopic (exact) mass is 417 g/mol. The van der Waals surface area contributed by atoms with Crippen molar-refractivity contribution in [2.24, 2.45) is 0 Å². The first-order chi connectivity index (χ1) is 15.2. The van der Waals surface area contributed by atoms with Crippen LogP contribution in [0.5, 0.6) is 5.75 Å². The van der Waals surface area contributed by atoms with Gasteiger partial charge in [0, 0.05) is 44.1 Å². The summed E-state index contributed by atoms with van der Waals surface area (Å²) in [6, 6.07) is 16.6. The molecule has 2 heterocycles. The Morgan fingerprint density at radius 1 is 0.903 bits per heavy atom. The van der Waals surface area contributed by atoms with Crippen LogP contribution in [0.4, 0.5) is 11.5 Å². The van der Waals surface area contributed by atoms with Crippen LogP contribution in [0.2, 0.25) is 0 Å². The van der Waals surface area contributed by atoms with E-state index in [-0.39, 0.29) is 23.3 Å². The van der Waals surface area contributed by atoms with E-state index in [2.05, 4.69) is 20.2 Å². The highest BCUT2D eigenvalue weighted by Crippen LogP contribution is 2.28. The molecule has 2 aromatic carbocycles. The number of carbonyl (C=O) groups excluding carboxylic acids is 2. The minimum absolute atomic E-state index is 0.137. The molecule has 0 unspecified atom stereocenters. The van der Waals surface area contributed by atoms with Gasteiger partial charge in [0.1, 0.15) is 5.75 Å². The highest BCUT2D eigenvalue weighted by molar-refractivity contribution is 6.07. The Labute approximate surface area is 180 Å². The highest BCUT2D eigenvalue weighted by atomic mass is 16.5. The number of nitrogens with one attached hydrogen (secondary N) is 1. The minimum atomic E-state index is -0.337. The van der Waals surface area contributed by atoms with Crippen molar-refractivity contribution >= 4 is 23.3 Å². The van der Waals surface area contributed by atoms with Crippen molar-refractivity contribution in [2.45, 2.75) is 0 Å². The smallest absolute Gasteiger partial charge is 0.276 e. The predicted molar refractivity (Wildman–Crippen MR) is 118 cm³/mol. The third-order valence-electron chi connectivity index (χ3n) is 5.16. The maximum absolute atomic E-state index is 13.1. The molecule has 1 aromatic heterocycles. The van der Waals surface area contributed by atoms with Crippen molar-refractivity contribution < 1.29 is 14.3 Å². The maximum atomic E-state index is 13.1. The average molecular weight is 417 g/mol. The molecule has 0 saturated carbocycles. The molecular formula is C23H23N5O3. The molecule has 0 bridgehead atoms. The van der Waals surface area contributed by atoms with Crippen molar-refractivity contribution in [1.29, 1.82) is 0 Å². The Hall–Kier alpha value is -3.94. The molecule has 3 aromatic rings. The summed E-state index contributed by atoms with van der Waals surface area (Å²) in [5.41, 5.74) is 1.63. The van der Waals surface area contributed by atoms with Crippen LogP contribution in [0.3, 0.4) is 0 Å². The lowest BCUT2D eigenvalue weighted by molar-refractivity contribution is 0.0741. The number of hydrogen-bond donors (Lipinski definition) is 1. The normalized spacial score (nSPS) is 13.6. The van der Waals surface area contributed by atoms with E-state index in [4.69, 9.17) is 4.74 Å². The van der Waals surface area contributed by atoms with Gasteiger partial charge in [0.05, 0.1) is 12.8 Å². The summed E-state index contributed by atoms with van der Waals surface area (Å²) in [6.45, 7) is 2.38. The van der Waals surface area contributed by atoms with Gasteiger partial charge in [-0.1, -0.05) is 30.3 Å². The number of benzene rings is 2. The molecule has 1 aliphatic rings. The van der Waals surface area contributed by atoms with Crippen LogP contribution >= 0.6 is 0 Å². The number of rotatable bonds is 5. The predicted octanol–water partition coefficient (Wildman–Crippen LogP) is 2.70.